The highest BCUT2D eigenvalue weighted by Gasteiger charge is 2.35. The summed E-state index contributed by atoms with van der Waals surface area (Å²) in [5.41, 5.74) is 0.214. The lowest BCUT2D eigenvalue weighted by molar-refractivity contribution is 0.106. The van der Waals surface area contributed by atoms with Crippen LogP contribution in [0.3, 0.4) is 0 Å². The van der Waals surface area contributed by atoms with Crippen molar-refractivity contribution in [2.75, 3.05) is 0 Å². The summed E-state index contributed by atoms with van der Waals surface area (Å²) in [5, 5.41) is -3.65. The number of hydrogen-bond donors (Lipinski definition) is 0. The maximum Gasteiger partial charge on any atom is 0.302 e. The van der Waals surface area contributed by atoms with Crippen molar-refractivity contribution >= 4 is 11.8 Å². The molecule has 1 heterocycles. The van der Waals surface area contributed by atoms with Gasteiger partial charge in [0, 0.05) is 6.42 Å². The minimum absolute atomic E-state index is 0.214. The van der Waals surface area contributed by atoms with Crippen LogP contribution in [0.1, 0.15) is 5.56 Å². The normalized spacial score (nSPS) is 11.7. The zero-order chi connectivity index (χ0) is 15.6. The van der Waals surface area contributed by atoms with Gasteiger partial charge in [-0.2, -0.15) is 22.5 Å². The summed E-state index contributed by atoms with van der Waals surface area (Å²) in [4.78, 5) is 0.876. The fraction of sp³-hybridized carbons (Fsp3) is 0.154. The van der Waals surface area contributed by atoms with Gasteiger partial charge in [-0.05, 0) is 17.3 Å². The lowest BCUT2D eigenvalue weighted by Gasteiger charge is -2.16. The van der Waals surface area contributed by atoms with Crippen molar-refractivity contribution in [2.24, 2.45) is 0 Å². The van der Waals surface area contributed by atoms with Gasteiger partial charge in [0.25, 0.3) is 11.9 Å². The fourth-order valence-electron chi connectivity index (χ4n) is 1.58. The predicted octanol–water partition coefficient (Wildman–Crippen LogP) is 4.57. The van der Waals surface area contributed by atoms with E-state index in [1.54, 1.807) is 6.07 Å². The zero-order valence-corrected chi connectivity index (χ0v) is 11.0. The number of rotatable bonds is 4. The third kappa shape index (κ3) is 3.69. The lowest BCUT2D eigenvalue weighted by Crippen LogP contribution is -2.16. The number of hydrogen-bond acceptors (Lipinski definition) is 2. The number of alkyl halides is 2. The van der Waals surface area contributed by atoms with E-state index in [2.05, 4.69) is 4.98 Å². The summed E-state index contributed by atoms with van der Waals surface area (Å²) in [6.45, 7) is 0. The van der Waals surface area contributed by atoms with Crippen LogP contribution in [-0.2, 0) is 6.42 Å². The van der Waals surface area contributed by atoms with Crippen molar-refractivity contribution < 1.29 is 26.3 Å². The van der Waals surface area contributed by atoms with Crippen LogP contribution >= 0.6 is 11.8 Å². The molecule has 2 rings (SSSR count). The van der Waals surface area contributed by atoms with Crippen LogP contribution in [0.5, 0.6) is 0 Å². The Morgan fingerprint density at radius 1 is 0.905 bits per heavy atom. The quantitative estimate of drug-likeness (QED) is 0.464. The molecule has 1 aromatic heterocycles. The van der Waals surface area contributed by atoms with Gasteiger partial charge in [0.2, 0.25) is 0 Å². The van der Waals surface area contributed by atoms with Crippen molar-refractivity contribution in [3.8, 4) is 0 Å². The summed E-state index contributed by atoms with van der Waals surface area (Å²) in [7, 11) is 0. The van der Waals surface area contributed by atoms with Crippen LogP contribution in [0.4, 0.5) is 26.3 Å². The molecule has 0 amide bonds. The first kappa shape index (κ1) is 15.7. The van der Waals surface area contributed by atoms with E-state index in [4.69, 9.17) is 0 Å². The summed E-state index contributed by atoms with van der Waals surface area (Å²) in [5.74, 6) is -7.81. The molecule has 0 saturated carbocycles. The second-order valence-corrected chi connectivity index (χ2v) is 5.26. The second-order valence-electron chi connectivity index (χ2n) is 4.05. The number of thioether (sulfide) groups is 1. The van der Waals surface area contributed by atoms with Gasteiger partial charge in [-0.3, -0.25) is 0 Å². The maximum atomic E-state index is 13.8. The minimum atomic E-state index is -3.65. The van der Waals surface area contributed by atoms with Crippen LogP contribution in [0, 0.1) is 23.5 Å². The molecule has 1 aromatic carbocycles. The molecule has 0 radical (unpaired) electrons. The van der Waals surface area contributed by atoms with Crippen LogP contribution in [-0.4, -0.2) is 10.2 Å². The molecule has 0 aliphatic carbocycles. The van der Waals surface area contributed by atoms with E-state index in [-0.39, 0.29) is 5.56 Å². The molecular formula is C13H7F6NS. The topological polar surface area (TPSA) is 12.9 Å². The molecule has 0 bridgehead atoms. The number of pyridine rings is 1. The molecule has 21 heavy (non-hydrogen) atoms. The number of nitrogens with zero attached hydrogens (tertiary/aromatic N) is 1. The molecule has 0 atom stereocenters. The summed E-state index contributed by atoms with van der Waals surface area (Å²) >= 11 is -0.581. The summed E-state index contributed by atoms with van der Waals surface area (Å²) < 4.78 is 79.9. The molecule has 0 aliphatic rings. The average Bonchev–Trinajstić information content (AvgIpc) is 2.42. The second kappa shape index (κ2) is 5.97. The van der Waals surface area contributed by atoms with Crippen molar-refractivity contribution in [3.05, 3.63) is 59.4 Å². The molecule has 8 heteroatoms. The summed E-state index contributed by atoms with van der Waals surface area (Å²) in [6.07, 6.45) is -0.844. The van der Waals surface area contributed by atoms with Gasteiger partial charge in [-0.25, -0.2) is 8.78 Å². The highest BCUT2D eigenvalue weighted by molar-refractivity contribution is 8.00. The average molecular weight is 323 g/mol. The Hall–Kier alpha value is -1.70. The Balaban J connectivity index is 2.28. The van der Waals surface area contributed by atoms with E-state index in [0.717, 1.165) is 0 Å². The first-order valence-electron chi connectivity index (χ1n) is 5.61. The monoisotopic (exact) mass is 323 g/mol. The smallest absolute Gasteiger partial charge is 0.201 e. The molecule has 0 unspecified atom stereocenters. The van der Waals surface area contributed by atoms with E-state index >= 15 is 0 Å². The number of aromatic nitrogens is 1. The third-order valence-electron chi connectivity index (χ3n) is 2.46. The van der Waals surface area contributed by atoms with Crippen molar-refractivity contribution in [2.45, 2.75) is 16.6 Å². The van der Waals surface area contributed by atoms with Crippen molar-refractivity contribution in [1.82, 2.24) is 4.98 Å². The number of halogens is 6. The molecule has 0 saturated heterocycles. The predicted molar refractivity (Wildman–Crippen MR) is 65.0 cm³/mol. The minimum Gasteiger partial charge on any atom is -0.201 e. The highest BCUT2D eigenvalue weighted by Crippen LogP contribution is 2.41. The molecule has 1 nitrogen and oxygen atoms in total. The van der Waals surface area contributed by atoms with Gasteiger partial charge >= 0.3 is 5.25 Å². The number of benzene rings is 1. The van der Waals surface area contributed by atoms with Gasteiger partial charge in [0.15, 0.2) is 11.6 Å². The van der Waals surface area contributed by atoms with Gasteiger partial charge in [0.1, 0.15) is 0 Å². The van der Waals surface area contributed by atoms with E-state index in [9.17, 15) is 26.3 Å². The zero-order valence-electron chi connectivity index (χ0n) is 10.2. The molecule has 0 N–H and O–H groups in total. The van der Waals surface area contributed by atoms with Crippen molar-refractivity contribution in [3.63, 3.8) is 0 Å². The van der Waals surface area contributed by atoms with E-state index in [1.807, 2.05) is 0 Å². The lowest BCUT2D eigenvalue weighted by atomic mass is 10.2. The van der Waals surface area contributed by atoms with Crippen LogP contribution in [0.15, 0.2) is 35.2 Å². The molecule has 0 aliphatic heterocycles. The fourth-order valence-corrected chi connectivity index (χ4v) is 2.46. The Morgan fingerprint density at radius 2 is 1.43 bits per heavy atom. The first-order valence-corrected chi connectivity index (χ1v) is 6.42. The van der Waals surface area contributed by atoms with Crippen LogP contribution in [0.25, 0.3) is 0 Å². The molecule has 0 spiro atoms. The van der Waals surface area contributed by atoms with E-state index in [0.29, 0.717) is 0 Å². The Morgan fingerprint density at radius 3 is 1.95 bits per heavy atom. The largest absolute Gasteiger partial charge is 0.302 e. The first-order chi connectivity index (χ1) is 9.80. The summed E-state index contributed by atoms with van der Waals surface area (Å²) in [6, 6.07) is 7.44. The Kier molecular flexibility index (Phi) is 4.46. The highest BCUT2D eigenvalue weighted by atomic mass is 32.2. The standard InChI is InChI=1S/C13H7F6NS/c14-8-10(9(15)12(17)20-11(8)16)21-13(18,19)6-7-4-2-1-3-5-7/h1-5H,6H2. The van der Waals surface area contributed by atoms with Gasteiger partial charge in [-0.1, -0.05) is 30.3 Å². The molecule has 0 fully saturated rings. The molecule has 112 valence electrons. The van der Waals surface area contributed by atoms with Crippen LogP contribution < -0.4 is 0 Å². The maximum absolute atomic E-state index is 13.8. The van der Waals surface area contributed by atoms with Crippen molar-refractivity contribution in [1.29, 1.82) is 0 Å². The van der Waals surface area contributed by atoms with E-state index in [1.165, 1.54) is 24.3 Å². The third-order valence-corrected chi connectivity index (χ3v) is 3.47. The van der Waals surface area contributed by atoms with E-state index < -0.39 is 51.9 Å². The Bertz CT molecular complexity index is 621. The molecular weight excluding hydrogens is 316 g/mol. The van der Waals surface area contributed by atoms with Gasteiger partial charge in [-0.15, -0.1) is 0 Å². The van der Waals surface area contributed by atoms with Gasteiger partial charge < -0.3 is 0 Å². The molecule has 2 aromatic rings. The SMILES string of the molecule is Fc1nc(F)c(F)c(SC(F)(F)Cc2ccccc2)c1F. The Labute approximate surface area is 120 Å². The van der Waals surface area contributed by atoms with Crippen LogP contribution in [0.2, 0.25) is 0 Å². The van der Waals surface area contributed by atoms with Gasteiger partial charge in [0.05, 0.1) is 4.90 Å².